The zero-order valence-electron chi connectivity index (χ0n) is 22.6. The first-order chi connectivity index (χ1) is 21.2. The number of rotatable bonds is 7. The van der Waals surface area contributed by atoms with E-state index in [0.717, 1.165) is 23.1 Å². The molecule has 17 heteroatoms. The zero-order chi connectivity index (χ0) is 34.4. The molecule has 0 aromatic heterocycles. The van der Waals surface area contributed by atoms with Gasteiger partial charge in [-0.15, -0.1) is 0 Å². The summed E-state index contributed by atoms with van der Waals surface area (Å²) in [5.74, 6) is -3.80. The summed E-state index contributed by atoms with van der Waals surface area (Å²) in [5, 5.41) is 10.6. The zero-order valence-corrected chi connectivity index (χ0v) is 24.2. The summed E-state index contributed by atoms with van der Waals surface area (Å²) in [6.45, 7) is -0.0184. The lowest BCUT2D eigenvalue weighted by atomic mass is 9.92. The topological polar surface area (TPSA) is 73.2 Å². The van der Waals surface area contributed by atoms with Crippen molar-refractivity contribution in [1.29, 1.82) is 5.26 Å². The maximum atomic E-state index is 15.8. The predicted molar refractivity (Wildman–Crippen MR) is 144 cm³/mol. The Kier molecular flexibility index (Phi) is 9.19. The number of anilines is 2. The predicted octanol–water partition coefficient (Wildman–Crippen LogP) is 9.08. The molecule has 5 nitrogen and oxygen atoms in total. The van der Waals surface area contributed by atoms with Crippen molar-refractivity contribution < 1.29 is 57.9 Å². The molecule has 0 bridgehead atoms. The van der Waals surface area contributed by atoms with Gasteiger partial charge in [-0.1, -0.05) is 6.07 Å². The van der Waals surface area contributed by atoms with E-state index in [1.165, 1.54) is 24.3 Å². The highest BCUT2D eigenvalue weighted by molar-refractivity contribution is 9.10. The highest BCUT2D eigenvalue weighted by Gasteiger charge is 2.73. The van der Waals surface area contributed by atoms with E-state index in [-0.39, 0.29) is 29.7 Å². The molecular weight excluding hydrogens is 711 g/mol. The van der Waals surface area contributed by atoms with Gasteiger partial charge in [-0.05, 0) is 83.2 Å². The van der Waals surface area contributed by atoms with Crippen LogP contribution in [-0.2, 0) is 11.8 Å². The van der Waals surface area contributed by atoms with Crippen molar-refractivity contribution in [3.05, 3.63) is 92.7 Å². The van der Waals surface area contributed by atoms with E-state index in [4.69, 9.17) is 5.26 Å². The first-order valence-electron chi connectivity index (χ1n) is 12.9. The van der Waals surface area contributed by atoms with Gasteiger partial charge in [0.05, 0.1) is 34.1 Å². The molecule has 0 saturated heterocycles. The molecule has 2 amide bonds. The maximum Gasteiger partial charge on any atom is 0.435 e. The van der Waals surface area contributed by atoms with Gasteiger partial charge in [0.1, 0.15) is 0 Å². The number of hydrogen-bond acceptors (Lipinski definition) is 3. The molecular formula is C29H17BrF11N3O2. The number of hydrogen-bond donors (Lipinski definition) is 1. The van der Waals surface area contributed by atoms with Gasteiger partial charge in [-0.2, -0.15) is 44.8 Å². The van der Waals surface area contributed by atoms with Gasteiger partial charge in [0, 0.05) is 22.1 Å². The number of halogens is 12. The maximum absolute atomic E-state index is 15.8. The molecule has 1 aliphatic rings. The van der Waals surface area contributed by atoms with Crippen LogP contribution in [0.2, 0.25) is 0 Å². The van der Waals surface area contributed by atoms with Crippen molar-refractivity contribution in [3.63, 3.8) is 0 Å². The van der Waals surface area contributed by atoms with E-state index in [9.17, 15) is 53.5 Å². The fourth-order valence-corrected chi connectivity index (χ4v) is 4.98. The first-order valence-corrected chi connectivity index (χ1v) is 13.7. The van der Waals surface area contributed by atoms with Crippen molar-refractivity contribution >= 4 is 39.1 Å². The number of amides is 2. The molecule has 1 N–H and O–H groups in total. The molecule has 1 saturated carbocycles. The summed E-state index contributed by atoms with van der Waals surface area (Å²) < 4.78 is 151. The molecule has 0 spiro atoms. The van der Waals surface area contributed by atoms with Crippen LogP contribution in [-0.4, -0.2) is 30.7 Å². The average Bonchev–Trinajstić information content (AvgIpc) is 3.79. The third-order valence-corrected chi connectivity index (χ3v) is 7.60. The number of carbonyl (C=O) groups excluding carboxylic acids is 2. The van der Waals surface area contributed by atoms with Crippen LogP contribution >= 0.6 is 15.9 Å². The smallest absolute Gasteiger partial charge is 0.320 e. The SMILES string of the molecule is N#Cc1ccc(C(=O)N(CC2CC2)c2cccc(C(=O)Nc3c(Br)cc(C(F)(C(F)(F)F)C(F)(F)F)cc3C(F)(F)F)c2F)cc1. The van der Waals surface area contributed by atoms with Crippen LogP contribution in [0.15, 0.2) is 59.1 Å². The van der Waals surface area contributed by atoms with Gasteiger partial charge in [0.25, 0.3) is 11.8 Å². The molecule has 1 aliphatic carbocycles. The Morgan fingerprint density at radius 3 is 2.00 bits per heavy atom. The largest absolute Gasteiger partial charge is 0.435 e. The second kappa shape index (κ2) is 12.2. The van der Waals surface area contributed by atoms with Crippen molar-refractivity contribution in [2.75, 3.05) is 16.8 Å². The van der Waals surface area contributed by atoms with Crippen LogP contribution in [0.5, 0.6) is 0 Å². The molecule has 0 radical (unpaired) electrons. The van der Waals surface area contributed by atoms with Gasteiger partial charge in [-0.3, -0.25) is 9.59 Å². The van der Waals surface area contributed by atoms with E-state index >= 15 is 4.39 Å². The molecule has 0 aliphatic heterocycles. The van der Waals surface area contributed by atoms with Crippen LogP contribution in [0.1, 0.15) is 50.2 Å². The Bertz CT molecular complexity index is 1690. The molecule has 3 aromatic rings. The normalized spacial score (nSPS) is 14.1. The number of nitriles is 1. The van der Waals surface area contributed by atoms with Gasteiger partial charge in [0.15, 0.2) is 5.82 Å². The van der Waals surface area contributed by atoms with Crippen LogP contribution in [0.25, 0.3) is 0 Å². The molecule has 4 rings (SSSR count). The summed E-state index contributed by atoms with van der Waals surface area (Å²) in [6, 6.07) is 9.17. The third-order valence-electron chi connectivity index (χ3n) is 6.97. The fraction of sp³-hybridized carbons (Fsp3) is 0.276. The number of nitrogens with zero attached hydrogens (tertiary/aromatic N) is 2. The Morgan fingerprint density at radius 1 is 0.913 bits per heavy atom. The van der Waals surface area contributed by atoms with E-state index in [1.807, 2.05) is 6.07 Å². The Labute approximate surface area is 260 Å². The van der Waals surface area contributed by atoms with Crippen molar-refractivity contribution in [2.24, 2.45) is 5.92 Å². The lowest BCUT2D eigenvalue weighted by Crippen LogP contribution is -2.50. The summed E-state index contributed by atoms with van der Waals surface area (Å²) in [6.07, 6.45) is -17.8. The van der Waals surface area contributed by atoms with Crippen molar-refractivity contribution in [2.45, 2.75) is 37.0 Å². The highest BCUT2D eigenvalue weighted by atomic mass is 79.9. The Balaban J connectivity index is 1.76. The number of benzene rings is 3. The van der Waals surface area contributed by atoms with E-state index in [1.54, 1.807) is 5.32 Å². The highest BCUT2D eigenvalue weighted by Crippen LogP contribution is 2.55. The fourth-order valence-electron chi connectivity index (χ4n) is 4.42. The number of alkyl halides is 10. The minimum absolute atomic E-state index is 0.0184. The first kappa shape index (κ1) is 34.7. The Morgan fingerprint density at radius 2 is 1.50 bits per heavy atom. The van der Waals surface area contributed by atoms with Gasteiger partial charge in [0.2, 0.25) is 0 Å². The monoisotopic (exact) mass is 727 g/mol. The van der Waals surface area contributed by atoms with E-state index in [2.05, 4.69) is 15.9 Å². The lowest BCUT2D eigenvalue weighted by Gasteiger charge is -2.31. The van der Waals surface area contributed by atoms with E-state index in [0.29, 0.717) is 12.8 Å². The quantitative estimate of drug-likeness (QED) is 0.247. The Hall–Kier alpha value is -4.20. The molecule has 1 fully saturated rings. The third kappa shape index (κ3) is 6.67. The van der Waals surface area contributed by atoms with Gasteiger partial charge in [-0.25, -0.2) is 8.78 Å². The standard InChI is InChI=1S/C29H17BrF11N3O2/c30-20-11-17(26(32,28(36,37)38)29(39,40)41)10-19(27(33,34)35)23(20)43-24(45)18-2-1-3-21(22(18)31)44(13-15-4-5-15)25(46)16-8-6-14(12-42)7-9-16/h1-3,6-11,15H,4-5,13H2,(H,43,45). The minimum atomic E-state index is -6.73. The summed E-state index contributed by atoms with van der Waals surface area (Å²) in [5.41, 5.74) is -13.6. The van der Waals surface area contributed by atoms with Crippen molar-refractivity contribution in [3.8, 4) is 6.07 Å². The van der Waals surface area contributed by atoms with Crippen LogP contribution in [0.4, 0.5) is 59.7 Å². The van der Waals surface area contributed by atoms with Gasteiger partial charge >= 0.3 is 24.2 Å². The number of nitrogens with one attached hydrogen (secondary N) is 1. The second-order valence-electron chi connectivity index (χ2n) is 10.2. The summed E-state index contributed by atoms with van der Waals surface area (Å²) in [7, 11) is 0. The summed E-state index contributed by atoms with van der Waals surface area (Å²) >= 11 is 2.38. The molecule has 46 heavy (non-hydrogen) atoms. The lowest BCUT2D eigenvalue weighted by molar-refractivity contribution is -0.348. The second-order valence-corrected chi connectivity index (χ2v) is 11.0. The molecule has 0 atom stereocenters. The molecule has 0 heterocycles. The minimum Gasteiger partial charge on any atom is -0.320 e. The number of carbonyl (C=O) groups is 2. The molecule has 0 unspecified atom stereocenters. The molecule has 244 valence electrons. The summed E-state index contributed by atoms with van der Waals surface area (Å²) in [4.78, 5) is 27.4. The average molecular weight is 728 g/mol. The van der Waals surface area contributed by atoms with E-state index < -0.39 is 80.4 Å². The molecule has 3 aromatic carbocycles. The van der Waals surface area contributed by atoms with Crippen LogP contribution in [0.3, 0.4) is 0 Å². The van der Waals surface area contributed by atoms with Gasteiger partial charge < -0.3 is 10.2 Å². The van der Waals surface area contributed by atoms with Crippen LogP contribution < -0.4 is 10.2 Å². The van der Waals surface area contributed by atoms with Crippen LogP contribution in [0, 0.1) is 23.1 Å². The van der Waals surface area contributed by atoms with Crippen molar-refractivity contribution in [1.82, 2.24) is 0 Å².